The minimum Gasteiger partial charge on any atom is -0.291 e. The molecule has 1 atom stereocenters. The summed E-state index contributed by atoms with van der Waals surface area (Å²) in [7, 11) is 0. The normalized spacial score (nSPS) is 12.1. The highest BCUT2D eigenvalue weighted by Crippen LogP contribution is 2.16. The van der Waals surface area contributed by atoms with Crippen LogP contribution in [0.3, 0.4) is 0 Å². The van der Waals surface area contributed by atoms with Gasteiger partial charge in [-0.1, -0.05) is 30.7 Å². The second kappa shape index (κ2) is 7.43. The quantitative estimate of drug-likeness (QED) is 0.731. The van der Waals surface area contributed by atoms with Crippen molar-refractivity contribution in [3.63, 3.8) is 0 Å². The molecule has 2 heterocycles. The summed E-state index contributed by atoms with van der Waals surface area (Å²) in [6, 6.07) is 5.71. The van der Waals surface area contributed by atoms with Crippen molar-refractivity contribution in [1.82, 2.24) is 24.5 Å². The summed E-state index contributed by atoms with van der Waals surface area (Å²) in [5.41, 5.74) is 0.750. The smallest absolute Gasteiger partial charge is 0.251 e. The minimum absolute atomic E-state index is 0.179. The van der Waals surface area contributed by atoms with Gasteiger partial charge in [0.1, 0.15) is 18.2 Å². The molecule has 1 aromatic carbocycles. The van der Waals surface area contributed by atoms with Crippen LogP contribution >= 0.6 is 11.6 Å². The standard InChI is InChI=1S/C16H16ClFN6O/c1-2-14(24-9-12(17)7-20-24)15(25)21-16-19-10-23(22-16)8-11-4-3-5-13(18)6-11/h3-7,9-10,14H,2,8H2,1H3,(H,21,22,25). The van der Waals surface area contributed by atoms with E-state index in [-0.39, 0.29) is 17.7 Å². The van der Waals surface area contributed by atoms with Gasteiger partial charge in [0.2, 0.25) is 5.95 Å². The number of amides is 1. The van der Waals surface area contributed by atoms with Gasteiger partial charge >= 0.3 is 0 Å². The first-order valence-electron chi connectivity index (χ1n) is 7.69. The molecule has 0 radical (unpaired) electrons. The molecule has 0 aliphatic heterocycles. The molecule has 3 aromatic rings. The van der Waals surface area contributed by atoms with Gasteiger partial charge in [-0.25, -0.2) is 14.1 Å². The summed E-state index contributed by atoms with van der Waals surface area (Å²) in [5.74, 6) is -0.418. The summed E-state index contributed by atoms with van der Waals surface area (Å²) >= 11 is 5.85. The molecule has 0 aliphatic carbocycles. The monoisotopic (exact) mass is 362 g/mol. The Morgan fingerprint density at radius 2 is 2.28 bits per heavy atom. The van der Waals surface area contributed by atoms with Crippen LogP contribution in [0.15, 0.2) is 43.0 Å². The lowest BCUT2D eigenvalue weighted by Crippen LogP contribution is -2.26. The summed E-state index contributed by atoms with van der Waals surface area (Å²) < 4.78 is 16.2. The van der Waals surface area contributed by atoms with Crippen LogP contribution < -0.4 is 5.32 Å². The maximum absolute atomic E-state index is 13.2. The lowest BCUT2D eigenvalue weighted by atomic mass is 10.2. The lowest BCUT2D eigenvalue weighted by molar-refractivity contribution is -0.119. The van der Waals surface area contributed by atoms with Gasteiger partial charge in [0.15, 0.2) is 0 Å². The molecule has 9 heteroatoms. The molecule has 2 aromatic heterocycles. The number of nitrogens with zero attached hydrogens (tertiary/aromatic N) is 5. The predicted octanol–water partition coefficient (Wildman–Crippen LogP) is 2.91. The summed E-state index contributed by atoms with van der Waals surface area (Å²) in [6.07, 6.45) is 5.08. The first-order valence-corrected chi connectivity index (χ1v) is 8.07. The molecule has 25 heavy (non-hydrogen) atoms. The number of carbonyl (C=O) groups is 1. The SMILES string of the molecule is CCC(C(=O)Nc1ncn(Cc2cccc(F)c2)n1)n1cc(Cl)cn1. The Morgan fingerprint density at radius 3 is 2.96 bits per heavy atom. The number of hydrogen-bond donors (Lipinski definition) is 1. The van der Waals surface area contributed by atoms with Crippen LogP contribution in [-0.2, 0) is 11.3 Å². The number of carbonyl (C=O) groups excluding carboxylic acids is 1. The lowest BCUT2D eigenvalue weighted by Gasteiger charge is -2.13. The van der Waals surface area contributed by atoms with Crippen molar-refractivity contribution in [3.8, 4) is 0 Å². The van der Waals surface area contributed by atoms with E-state index >= 15 is 0 Å². The zero-order chi connectivity index (χ0) is 17.8. The molecule has 0 spiro atoms. The molecule has 1 amide bonds. The maximum Gasteiger partial charge on any atom is 0.251 e. The van der Waals surface area contributed by atoms with Crippen LogP contribution in [0.1, 0.15) is 24.9 Å². The van der Waals surface area contributed by atoms with E-state index in [4.69, 9.17) is 11.6 Å². The third-order valence-electron chi connectivity index (χ3n) is 3.58. The number of anilines is 1. The van der Waals surface area contributed by atoms with Crippen molar-refractivity contribution in [2.24, 2.45) is 0 Å². The van der Waals surface area contributed by atoms with Crippen molar-refractivity contribution in [2.45, 2.75) is 25.9 Å². The van der Waals surface area contributed by atoms with Gasteiger partial charge in [-0.3, -0.25) is 14.8 Å². The van der Waals surface area contributed by atoms with Gasteiger partial charge in [-0.2, -0.15) is 5.10 Å². The Balaban J connectivity index is 1.67. The van der Waals surface area contributed by atoms with Crippen LogP contribution in [-0.4, -0.2) is 30.5 Å². The summed E-state index contributed by atoms with van der Waals surface area (Å²) in [4.78, 5) is 16.5. The number of aromatic nitrogens is 5. The van der Waals surface area contributed by atoms with Crippen LogP contribution in [0.5, 0.6) is 0 Å². The molecule has 0 saturated carbocycles. The third kappa shape index (κ3) is 4.21. The Bertz CT molecular complexity index is 877. The molecule has 130 valence electrons. The van der Waals surface area contributed by atoms with E-state index < -0.39 is 6.04 Å². The fraction of sp³-hybridized carbons (Fsp3) is 0.250. The average molecular weight is 363 g/mol. The zero-order valence-corrected chi connectivity index (χ0v) is 14.2. The van der Waals surface area contributed by atoms with Crippen molar-refractivity contribution in [3.05, 3.63) is 59.4 Å². The van der Waals surface area contributed by atoms with E-state index in [9.17, 15) is 9.18 Å². The molecule has 1 unspecified atom stereocenters. The Hall–Kier alpha value is -2.74. The Labute approximate surface area is 148 Å². The van der Waals surface area contributed by atoms with E-state index in [1.165, 1.54) is 34.0 Å². The fourth-order valence-electron chi connectivity index (χ4n) is 2.42. The van der Waals surface area contributed by atoms with Crippen molar-refractivity contribution in [2.75, 3.05) is 5.32 Å². The summed E-state index contributed by atoms with van der Waals surface area (Å²) in [6.45, 7) is 2.22. The number of benzene rings is 1. The average Bonchev–Trinajstić information content (AvgIpc) is 3.17. The van der Waals surface area contributed by atoms with Gasteiger partial charge in [0, 0.05) is 6.20 Å². The predicted molar refractivity (Wildman–Crippen MR) is 90.7 cm³/mol. The van der Waals surface area contributed by atoms with Crippen molar-refractivity contribution in [1.29, 1.82) is 0 Å². The second-order valence-corrected chi connectivity index (χ2v) is 5.88. The first-order chi connectivity index (χ1) is 12.0. The fourth-order valence-corrected chi connectivity index (χ4v) is 2.57. The molecule has 0 fully saturated rings. The van der Waals surface area contributed by atoms with E-state index in [2.05, 4.69) is 20.5 Å². The van der Waals surface area contributed by atoms with E-state index in [0.29, 0.717) is 18.0 Å². The highest BCUT2D eigenvalue weighted by atomic mass is 35.5. The highest BCUT2D eigenvalue weighted by Gasteiger charge is 2.20. The van der Waals surface area contributed by atoms with Crippen LogP contribution in [0, 0.1) is 5.82 Å². The Morgan fingerprint density at radius 1 is 1.44 bits per heavy atom. The molecule has 0 bridgehead atoms. The van der Waals surface area contributed by atoms with Gasteiger partial charge in [-0.05, 0) is 24.1 Å². The molecule has 0 aliphatic rings. The van der Waals surface area contributed by atoms with Gasteiger partial charge in [0.05, 0.1) is 17.8 Å². The second-order valence-electron chi connectivity index (χ2n) is 5.45. The van der Waals surface area contributed by atoms with Crippen LogP contribution in [0.2, 0.25) is 5.02 Å². The van der Waals surface area contributed by atoms with E-state index in [0.717, 1.165) is 5.56 Å². The number of rotatable bonds is 6. The van der Waals surface area contributed by atoms with Crippen LogP contribution in [0.4, 0.5) is 10.3 Å². The molecule has 0 saturated heterocycles. The zero-order valence-electron chi connectivity index (χ0n) is 13.4. The van der Waals surface area contributed by atoms with Crippen LogP contribution in [0.25, 0.3) is 0 Å². The van der Waals surface area contributed by atoms with E-state index in [1.54, 1.807) is 18.3 Å². The van der Waals surface area contributed by atoms with Gasteiger partial charge in [-0.15, -0.1) is 5.10 Å². The summed E-state index contributed by atoms with van der Waals surface area (Å²) in [5, 5.41) is 11.4. The Kier molecular flexibility index (Phi) is 5.08. The van der Waals surface area contributed by atoms with Crippen molar-refractivity contribution < 1.29 is 9.18 Å². The molecule has 3 rings (SSSR count). The first kappa shape index (κ1) is 17.1. The maximum atomic E-state index is 13.2. The topological polar surface area (TPSA) is 77.6 Å². The number of halogens is 2. The highest BCUT2D eigenvalue weighted by molar-refractivity contribution is 6.30. The van der Waals surface area contributed by atoms with Gasteiger partial charge in [0.25, 0.3) is 5.91 Å². The molecule has 7 nitrogen and oxygen atoms in total. The number of nitrogens with one attached hydrogen (secondary N) is 1. The molecule has 1 N–H and O–H groups in total. The van der Waals surface area contributed by atoms with Crippen molar-refractivity contribution >= 4 is 23.5 Å². The molecular formula is C16H16ClFN6O. The molecular weight excluding hydrogens is 347 g/mol. The van der Waals surface area contributed by atoms with Gasteiger partial charge < -0.3 is 0 Å². The minimum atomic E-state index is -0.511. The number of hydrogen-bond acceptors (Lipinski definition) is 4. The largest absolute Gasteiger partial charge is 0.291 e. The third-order valence-corrected chi connectivity index (χ3v) is 3.78. The van der Waals surface area contributed by atoms with E-state index in [1.807, 2.05) is 6.92 Å².